The predicted molar refractivity (Wildman–Crippen MR) is 73.0 cm³/mol. The first-order chi connectivity index (χ1) is 9.04. The fraction of sp³-hybridized carbons (Fsp3) is 0.692. The van der Waals surface area contributed by atoms with Gasteiger partial charge >= 0.3 is 5.97 Å². The van der Waals surface area contributed by atoms with Crippen molar-refractivity contribution < 1.29 is 9.53 Å². The molecule has 106 valence electrons. The maximum absolute atomic E-state index is 11.6. The quantitative estimate of drug-likeness (QED) is 0.828. The predicted octanol–water partition coefficient (Wildman–Crippen LogP) is 1.04. The van der Waals surface area contributed by atoms with Crippen molar-refractivity contribution in [3.05, 3.63) is 11.5 Å². The lowest BCUT2D eigenvalue weighted by Gasteiger charge is -2.33. The number of likely N-dealkylation sites (tertiary alicyclic amines) is 1. The smallest absolute Gasteiger partial charge is 0.360 e. The van der Waals surface area contributed by atoms with Gasteiger partial charge in [-0.3, -0.25) is 0 Å². The summed E-state index contributed by atoms with van der Waals surface area (Å²) in [5, 5.41) is 0. The van der Waals surface area contributed by atoms with Gasteiger partial charge in [-0.25, -0.2) is 9.78 Å². The van der Waals surface area contributed by atoms with E-state index in [4.69, 9.17) is 10.5 Å². The lowest BCUT2D eigenvalue weighted by Crippen LogP contribution is -2.39. The van der Waals surface area contributed by atoms with Gasteiger partial charge in [0.05, 0.1) is 7.11 Å². The van der Waals surface area contributed by atoms with Crippen LogP contribution in [0.3, 0.4) is 0 Å². The zero-order valence-electron chi connectivity index (χ0n) is 11.8. The van der Waals surface area contributed by atoms with Crippen LogP contribution in [0.2, 0.25) is 0 Å². The minimum atomic E-state index is -0.476. The molecule has 1 atom stereocenters. The van der Waals surface area contributed by atoms with Crippen molar-refractivity contribution >= 4 is 11.8 Å². The number of carbonyl (C=O) groups is 1. The third-order valence-electron chi connectivity index (χ3n) is 3.89. The maximum Gasteiger partial charge on any atom is 0.360 e. The third-order valence-corrected chi connectivity index (χ3v) is 3.89. The van der Waals surface area contributed by atoms with Crippen LogP contribution >= 0.6 is 0 Å². The van der Waals surface area contributed by atoms with Gasteiger partial charge in [0, 0.05) is 12.6 Å². The molecule has 0 saturated carbocycles. The van der Waals surface area contributed by atoms with E-state index in [2.05, 4.69) is 16.9 Å². The molecule has 2 rings (SSSR count). The second kappa shape index (κ2) is 5.61. The van der Waals surface area contributed by atoms with E-state index in [1.807, 2.05) is 11.5 Å². The number of hydrogen-bond donors (Lipinski definition) is 1. The molecular formula is C13H22N4O2. The number of hydrogen-bond acceptors (Lipinski definition) is 5. The molecule has 0 aromatic carbocycles. The molecular weight excluding hydrogens is 244 g/mol. The van der Waals surface area contributed by atoms with E-state index in [9.17, 15) is 4.79 Å². The van der Waals surface area contributed by atoms with E-state index in [0.29, 0.717) is 11.9 Å². The third kappa shape index (κ3) is 2.73. The summed E-state index contributed by atoms with van der Waals surface area (Å²) in [5.74, 6) is 0.691. The van der Waals surface area contributed by atoms with Crippen LogP contribution < -0.4 is 5.73 Å². The molecule has 2 heterocycles. The summed E-state index contributed by atoms with van der Waals surface area (Å²) < 4.78 is 6.61. The number of nitrogen functional groups attached to an aromatic ring is 1. The van der Waals surface area contributed by atoms with Crippen LogP contribution in [0.15, 0.2) is 0 Å². The van der Waals surface area contributed by atoms with Crippen molar-refractivity contribution in [1.82, 2.24) is 14.5 Å². The number of ether oxygens (including phenoxy) is 1. The summed E-state index contributed by atoms with van der Waals surface area (Å²) in [6, 6.07) is 0.453. The van der Waals surface area contributed by atoms with Gasteiger partial charge in [-0.2, -0.15) is 0 Å². The van der Waals surface area contributed by atoms with Gasteiger partial charge in [0.15, 0.2) is 5.69 Å². The number of aryl methyl sites for hydroxylation is 1. The molecule has 2 N–H and O–H groups in total. The van der Waals surface area contributed by atoms with Crippen LogP contribution in [-0.4, -0.2) is 47.2 Å². The number of imidazole rings is 1. The van der Waals surface area contributed by atoms with E-state index >= 15 is 0 Å². The van der Waals surface area contributed by atoms with E-state index in [0.717, 1.165) is 25.3 Å². The SMILES string of the molecule is COC(=O)c1nc(C)n(CC2CCCCN2C)c1N. The number of rotatable bonds is 3. The zero-order valence-corrected chi connectivity index (χ0v) is 11.8. The molecule has 6 nitrogen and oxygen atoms in total. The number of carbonyl (C=O) groups excluding carboxylic acids is 1. The number of piperidine rings is 1. The molecule has 1 aliphatic heterocycles. The first-order valence-electron chi connectivity index (χ1n) is 6.65. The number of likely N-dealkylation sites (N-methyl/N-ethyl adjacent to an activating group) is 1. The molecule has 6 heteroatoms. The fourth-order valence-electron chi connectivity index (χ4n) is 2.64. The molecule has 0 radical (unpaired) electrons. The minimum absolute atomic E-state index is 0.221. The lowest BCUT2D eigenvalue weighted by molar-refractivity contribution is 0.0595. The van der Waals surface area contributed by atoms with Crippen LogP contribution in [-0.2, 0) is 11.3 Å². The van der Waals surface area contributed by atoms with E-state index in [-0.39, 0.29) is 5.69 Å². The van der Waals surface area contributed by atoms with E-state index in [1.54, 1.807) is 0 Å². The zero-order chi connectivity index (χ0) is 14.0. The van der Waals surface area contributed by atoms with E-state index < -0.39 is 5.97 Å². The minimum Gasteiger partial charge on any atom is -0.464 e. The van der Waals surface area contributed by atoms with Crippen LogP contribution in [0.25, 0.3) is 0 Å². The molecule has 0 spiro atoms. The molecule has 1 aliphatic rings. The summed E-state index contributed by atoms with van der Waals surface area (Å²) in [6.07, 6.45) is 3.65. The maximum atomic E-state index is 11.6. The van der Waals surface area contributed by atoms with Gasteiger partial charge in [0.25, 0.3) is 0 Å². The van der Waals surface area contributed by atoms with Gasteiger partial charge in [0.1, 0.15) is 11.6 Å². The van der Waals surface area contributed by atoms with E-state index in [1.165, 1.54) is 20.0 Å². The highest BCUT2D eigenvalue weighted by Gasteiger charge is 2.24. The number of nitrogens with two attached hydrogens (primary N) is 1. The summed E-state index contributed by atoms with van der Waals surface area (Å²) in [7, 11) is 3.47. The Morgan fingerprint density at radius 2 is 2.26 bits per heavy atom. The Hall–Kier alpha value is -1.56. The number of methoxy groups -OCH3 is 1. The monoisotopic (exact) mass is 266 g/mol. The Kier molecular flexibility index (Phi) is 4.09. The van der Waals surface area contributed by atoms with Gasteiger partial charge in [0.2, 0.25) is 0 Å². The Bertz CT molecular complexity index is 469. The summed E-state index contributed by atoms with van der Waals surface area (Å²) in [5.41, 5.74) is 6.25. The van der Waals surface area contributed by atoms with Crippen molar-refractivity contribution in [3.8, 4) is 0 Å². The van der Waals surface area contributed by atoms with Crippen molar-refractivity contribution in [2.24, 2.45) is 0 Å². The molecule has 19 heavy (non-hydrogen) atoms. The molecule has 1 unspecified atom stereocenters. The Morgan fingerprint density at radius 3 is 2.89 bits per heavy atom. The first-order valence-corrected chi connectivity index (χ1v) is 6.65. The highest BCUT2D eigenvalue weighted by molar-refractivity contribution is 5.92. The summed E-state index contributed by atoms with van der Waals surface area (Å²) in [4.78, 5) is 18.1. The molecule has 1 aromatic rings. The standard InChI is InChI=1S/C13H22N4O2/c1-9-15-11(13(18)19-3)12(14)17(9)8-10-6-4-5-7-16(10)2/h10H,4-8,14H2,1-3H3. The van der Waals surface area contributed by atoms with Gasteiger partial charge in [-0.05, 0) is 33.4 Å². The fourth-order valence-corrected chi connectivity index (χ4v) is 2.64. The highest BCUT2D eigenvalue weighted by Crippen LogP contribution is 2.21. The number of anilines is 1. The molecule has 0 amide bonds. The Labute approximate surface area is 113 Å². The van der Waals surface area contributed by atoms with Crippen LogP contribution in [0.4, 0.5) is 5.82 Å². The van der Waals surface area contributed by atoms with Crippen molar-refractivity contribution in [2.45, 2.75) is 38.8 Å². The summed E-state index contributed by atoms with van der Waals surface area (Å²) >= 11 is 0. The Morgan fingerprint density at radius 1 is 1.53 bits per heavy atom. The largest absolute Gasteiger partial charge is 0.464 e. The molecule has 0 bridgehead atoms. The van der Waals surface area contributed by atoms with Gasteiger partial charge in [-0.1, -0.05) is 6.42 Å². The average Bonchev–Trinajstić information content (AvgIpc) is 2.68. The Balaban J connectivity index is 2.20. The topological polar surface area (TPSA) is 73.4 Å². The van der Waals surface area contributed by atoms with Crippen LogP contribution in [0.5, 0.6) is 0 Å². The number of nitrogens with zero attached hydrogens (tertiary/aromatic N) is 3. The molecule has 1 fully saturated rings. The second-order valence-corrected chi connectivity index (χ2v) is 5.13. The van der Waals surface area contributed by atoms with Crippen LogP contribution in [0.1, 0.15) is 35.6 Å². The highest BCUT2D eigenvalue weighted by atomic mass is 16.5. The van der Waals surface area contributed by atoms with Crippen LogP contribution in [0, 0.1) is 6.92 Å². The molecule has 1 saturated heterocycles. The van der Waals surface area contributed by atoms with Gasteiger partial charge < -0.3 is 19.9 Å². The van der Waals surface area contributed by atoms with Crippen molar-refractivity contribution in [1.29, 1.82) is 0 Å². The second-order valence-electron chi connectivity index (χ2n) is 5.13. The molecule has 0 aliphatic carbocycles. The average molecular weight is 266 g/mol. The summed E-state index contributed by atoms with van der Waals surface area (Å²) in [6.45, 7) is 3.76. The van der Waals surface area contributed by atoms with Crippen molar-refractivity contribution in [3.63, 3.8) is 0 Å². The number of aromatic nitrogens is 2. The van der Waals surface area contributed by atoms with Crippen molar-refractivity contribution in [2.75, 3.05) is 26.4 Å². The number of esters is 1. The normalized spacial score (nSPS) is 20.5. The first kappa shape index (κ1) is 13.9. The lowest BCUT2D eigenvalue weighted by atomic mass is 10.0. The van der Waals surface area contributed by atoms with Gasteiger partial charge in [-0.15, -0.1) is 0 Å². The molecule has 1 aromatic heterocycles.